The summed E-state index contributed by atoms with van der Waals surface area (Å²) in [5.74, 6) is -0.0299. The molecule has 2 saturated carbocycles. The van der Waals surface area contributed by atoms with E-state index < -0.39 is 23.4 Å². The highest BCUT2D eigenvalue weighted by molar-refractivity contribution is 6.09. The van der Waals surface area contributed by atoms with Crippen LogP contribution in [-0.4, -0.2) is 53.5 Å². The molecule has 2 aromatic carbocycles. The van der Waals surface area contributed by atoms with Crippen LogP contribution in [0.15, 0.2) is 48.0 Å². The number of alkyl halides is 3. The third kappa shape index (κ3) is 4.27. The van der Waals surface area contributed by atoms with Gasteiger partial charge in [0.2, 0.25) is 0 Å². The van der Waals surface area contributed by atoms with E-state index in [9.17, 15) is 23.1 Å². The van der Waals surface area contributed by atoms with Gasteiger partial charge in [-0.2, -0.15) is 13.2 Å². The topological polar surface area (TPSA) is 58.6 Å². The second-order valence-electron chi connectivity index (χ2n) is 13.9. The summed E-state index contributed by atoms with van der Waals surface area (Å²) in [6, 6.07) is 11.6. The number of amides is 1. The van der Waals surface area contributed by atoms with Crippen molar-refractivity contribution in [2.45, 2.75) is 82.5 Å². The minimum absolute atomic E-state index is 0.0247. The molecular weight excluding hydrogens is 541 g/mol. The number of ether oxygens (including phenoxy) is 1. The fraction of sp³-hybridized carbons (Fsp3) is 0.559. The van der Waals surface area contributed by atoms with Crippen LogP contribution in [0.2, 0.25) is 0 Å². The molecular formula is C34H40F3N2O3+. The molecule has 2 aromatic rings. The number of carbonyl (C=O) groups is 1. The van der Waals surface area contributed by atoms with Crippen LogP contribution in [0.3, 0.4) is 0 Å². The second kappa shape index (κ2) is 9.76. The quantitative estimate of drug-likeness (QED) is 0.207. The molecule has 7 rings (SSSR count). The monoisotopic (exact) mass is 581 g/mol. The number of aliphatic hydroxyl groups excluding tert-OH is 1. The molecule has 8 heteroatoms. The van der Waals surface area contributed by atoms with Gasteiger partial charge in [-0.1, -0.05) is 50.2 Å². The Labute approximate surface area is 245 Å². The number of nitrogens with one attached hydrogen (secondary N) is 1. The van der Waals surface area contributed by atoms with Gasteiger partial charge in [0.05, 0.1) is 36.8 Å². The summed E-state index contributed by atoms with van der Waals surface area (Å²) in [6.07, 6.45) is 2.70. The van der Waals surface area contributed by atoms with Gasteiger partial charge in [0, 0.05) is 41.7 Å². The zero-order chi connectivity index (χ0) is 29.4. The summed E-state index contributed by atoms with van der Waals surface area (Å²) in [6.45, 7) is 8.23. The maximum absolute atomic E-state index is 14.2. The zero-order valence-electron chi connectivity index (χ0n) is 24.3. The number of benzene rings is 2. The summed E-state index contributed by atoms with van der Waals surface area (Å²) >= 11 is 0. The van der Waals surface area contributed by atoms with Gasteiger partial charge in [0.25, 0.3) is 5.91 Å². The van der Waals surface area contributed by atoms with Crippen molar-refractivity contribution in [2.24, 2.45) is 17.8 Å². The van der Waals surface area contributed by atoms with Crippen molar-refractivity contribution in [3.05, 3.63) is 64.7 Å². The second-order valence-corrected chi connectivity index (χ2v) is 13.9. The Bertz CT molecular complexity index is 1430. The smallest absolute Gasteiger partial charge is 0.425 e. The SMILES string of the molecule is CC(C)C[N+]1(CC2CC2)CC[C@]23c4c5ccc(NC(=O)C(=C(O)c6ccccc6)C(F)(F)F)c4O[C@H]2CCC[C@H]3[C@H]1C5. The van der Waals surface area contributed by atoms with Crippen LogP contribution < -0.4 is 10.1 Å². The lowest BCUT2D eigenvalue weighted by molar-refractivity contribution is -0.966. The fourth-order valence-electron chi connectivity index (χ4n) is 9.34. The first-order valence-corrected chi connectivity index (χ1v) is 15.6. The van der Waals surface area contributed by atoms with Gasteiger partial charge in [-0.05, 0) is 43.7 Å². The molecule has 5 nitrogen and oxygen atoms in total. The van der Waals surface area contributed by atoms with E-state index in [0.29, 0.717) is 23.6 Å². The molecule has 2 bridgehead atoms. The van der Waals surface area contributed by atoms with Gasteiger partial charge in [-0.3, -0.25) is 4.79 Å². The molecule has 1 unspecified atom stereocenters. The Balaban J connectivity index is 1.28. The van der Waals surface area contributed by atoms with Crippen LogP contribution in [0.25, 0.3) is 5.76 Å². The van der Waals surface area contributed by atoms with Gasteiger partial charge in [-0.15, -0.1) is 0 Å². The van der Waals surface area contributed by atoms with Gasteiger partial charge >= 0.3 is 6.18 Å². The zero-order valence-corrected chi connectivity index (χ0v) is 24.3. The van der Waals surface area contributed by atoms with Crippen LogP contribution in [0.5, 0.6) is 5.75 Å². The van der Waals surface area contributed by atoms with E-state index in [1.807, 2.05) is 6.07 Å². The Morgan fingerprint density at radius 2 is 1.88 bits per heavy atom. The third-order valence-corrected chi connectivity index (χ3v) is 10.8. The molecule has 5 aliphatic rings. The Morgan fingerprint density at radius 3 is 2.57 bits per heavy atom. The van der Waals surface area contributed by atoms with E-state index in [1.165, 1.54) is 60.2 Å². The highest BCUT2D eigenvalue weighted by Crippen LogP contribution is 2.65. The van der Waals surface area contributed by atoms with E-state index >= 15 is 0 Å². The summed E-state index contributed by atoms with van der Waals surface area (Å²) in [5, 5.41) is 13.1. The van der Waals surface area contributed by atoms with Crippen molar-refractivity contribution in [2.75, 3.05) is 25.0 Å². The van der Waals surface area contributed by atoms with Gasteiger partial charge < -0.3 is 19.6 Å². The molecule has 0 radical (unpaired) electrons. The van der Waals surface area contributed by atoms with Crippen molar-refractivity contribution in [1.82, 2.24) is 0 Å². The van der Waals surface area contributed by atoms with Crippen molar-refractivity contribution in [3.63, 3.8) is 0 Å². The highest BCUT2D eigenvalue weighted by atomic mass is 19.4. The molecule has 3 aliphatic carbocycles. The normalized spacial score (nSPS) is 31.7. The molecule has 5 atom stereocenters. The molecule has 2 N–H and O–H groups in total. The molecule has 224 valence electrons. The number of hydrogen-bond acceptors (Lipinski definition) is 3. The molecule has 42 heavy (non-hydrogen) atoms. The summed E-state index contributed by atoms with van der Waals surface area (Å²) < 4.78 is 50.4. The standard InChI is InChI=1S/C34H39F3N2O3/c1-20(2)18-39(19-21-11-12-21)16-15-33-24-9-6-10-27(33)42-31-25(14-13-23(28(31)33)17-26(24)39)38-32(41)29(34(35,36)37)30(40)22-7-4-3-5-8-22/h3-5,7-8,13-14,20-21,24,26-27H,6,9-12,15-19H2,1-2H3,(H-,38,40,41)/p+1/t24-,26+,27-,33+,39?/m0/s1. The van der Waals surface area contributed by atoms with Gasteiger partial charge in [-0.25, -0.2) is 0 Å². The van der Waals surface area contributed by atoms with Gasteiger partial charge in [0.1, 0.15) is 17.6 Å². The average Bonchev–Trinajstić information content (AvgIpc) is 3.68. The maximum Gasteiger partial charge on any atom is 0.425 e. The van der Waals surface area contributed by atoms with Crippen molar-refractivity contribution in [1.29, 1.82) is 0 Å². The molecule has 2 heterocycles. The van der Waals surface area contributed by atoms with E-state index in [1.54, 1.807) is 12.1 Å². The lowest BCUT2D eigenvalue weighted by Gasteiger charge is -2.62. The first-order chi connectivity index (χ1) is 20.0. The number of halogens is 3. The first kappa shape index (κ1) is 27.8. The van der Waals surface area contributed by atoms with Crippen LogP contribution in [-0.2, 0) is 16.6 Å². The molecule has 1 amide bonds. The van der Waals surface area contributed by atoms with Crippen LogP contribution in [0.1, 0.15) is 69.1 Å². The average molecular weight is 582 g/mol. The molecule has 0 aromatic heterocycles. The van der Waals surface area contributed by atoms with Crippen LogP contribution in [0.4, 0.5) is 18.9 Å². The summed E-state index contributed by atoms with van der Waals surface area (Å²) in [5.41, 5.74) is 0.789. The van der Waals surface area contributed by atoms with Crippen molar-refractivity contribution >= 4 is 17.4 Å². The highest BCUT2D eigenvalue weighted by Gasteiger charge is 2.68. The Morgan fingerprint density at radius 1 is 1.12 bits per heavy atom. The molecule has 3 fully saturated rings. The number of hydrogen-bond donors (Lipinski definition) is 2. The fourth-order valence-corrected chi connectivity index (χ4v) is 9.34. The Hall–Kier alpha value is -3.00. The van der Waals surface area contributed by atoms with Crippen molar-refractivity contribution in [3.8, 4) is 5.75 Å². The number of likely N-dealkylation sites (tertiary alicyclic amines) is 1. The molecule has 2 aliphatic heterocycles. The largest absolute Gasteiger partial charge is 0.506 e. The molecule has 1 spiro atoms. The number of aliphatic hydroxyl groups is 1. The number of nitrogens with zero attached hydrogens (tertiary/aromatic N) is 1. The lowest BCUT2D eigenvalue weighted by Crippen LogP contribution is -2.72. The number of quaternary nitrogens is 1. The minimum atomic E-state index is -5.05. The number of piperidine rings is 1. The van der Waals surface area contributed by atoms with E-state index in [-0.39, 0.29) is 22.8 Å². The molecule has 1 saturated heterocycles. The van der Waals surface area contributed by atoms with E-state index in [4.69, 9.17) is 4.74 Å². The van der Waals surface area contributed by atoms with Crippen molar-refractivity contribution < 1.29 is 32.3 Å². The van der Waals surface area contributed by atoms with E-state index in [2.05, 4.69) is 19.2 Å². The predicted octanol–water partition coefficient (Wildman–Crippen LogP) is 7.17. The number of anilines is 1. The minimum Gasteiger partial charge on any atom is -0.506 e. The Kier molecular flexibility index (Phi) is 6.46. The maximum atomic E-state index is 14.2. The predicted molar refractivity (Wildman–Crippen MR) is 155 cm³/mol. The van der Waals surface area contributed by atoms with Gasteiger partial charge in [0.15, 0.2) is 5.57 Å². The number of rotatable bonds is 7. The third-order valence-electron chi connectivity index (χ3n) is 10.8. The van der Waals surface area contributed by atoms with Crippen LogP contribution >= 0.6 is 0 Å². The lowest BCUT2D eigenvalue weighted by atomic mass is 9.51. The summed E-state index contributed by atoms with van der Waals surface area (Å²) in [4.78, 5) is 13.3. The summed E-state index contributed by atoms with van der Waals surface area (Å²) in [7, 11) is 0. The van der Waals surface area contributed by atoms with Crippen LogP contribution in [0, 0.1) is 17.8 Å². The first-order valence-electron chi connectivity index (χ1n) is 15.6. The van der Waals surface area contributed by atoms with E-state index in [0.717, 1.165) is 50.1 Å². The number of carbonyl (C=O) groups excluding carboxylic acids is 1.